The smallest absolute Gasteiger partial charge is 0.246 e. The van der Waals surface area contributed by atoms with Crippen LogP contribution in [0.4, 0.5) is 0 Å². The number of rotatable bonds is 12. The summed E-state index contributed by atoms with van der Waals surface area (Å²) in [7, 11) is 2.22. The molecular weight excluding hydrogens is 526 g/mol. The van der Waals surface area contributed by atoms with E-state index in [0.29, 0.717) is 36.7 Å². The first-order chi connectivity index (χ1) is 19.3. The van der Waals surface area contributed by atoms with E-state index in [9.17, 15) is 13.2 Å². The molecule has 1 N–H and O–H groups in total. The molecule has 2 aliphatic rings. The van der Waals surface area contributed by atoms with Crippen LogP contribution in [0.15, 0.2) is 59.5 Å². The van der Waals surface area contributed by atoms with Crippen LogP contribution in [0.2, 0.25) is 0 Å². The lowest BCUT2D eigenvalue weighted by Crippen LogP contribution is -2.46. The fourth-order valence-corrected chi connectivity index (χ4v) is 7.97. The standard InChI is InChI=1S/C31H45N3O5S/c1-33(2)31(25-9-5-4-6-10-25)26-14-12-24(13-15-26)21-32-30(35)23-39-22-27-11-7-8-20-34(27)40(36,37)29-18-16-28(38-3)17-19-29/h4-6,9-10,16-19,24,26-27,31H,7-8,11-15,20-23H2,1-3H3,(H,32,35). The molecule has 40 heavy (non-hydrogen) atoms. The normalized spacial score (nSPS) is 23.1. The van der Waals surface area contributed by atoms with Crippen LogP contribution < -0.4 is 10.1 Å². The predicted octanol–water partition coefficient (Wildman–Crippen LogP) is 4.48. The summed E-state index contributed by atoms with van der Waals surface area (Å²) in [5.41, 5.74) is 1.37. The fourth-order valence-electron chi connectivity index (χ4n) is 6.29. The summed E-state index contributed by atoms with van der Waals surface area (Å²) in [4.78, 5) is 15.1. The number of nitrogens with one attached hydrogen (secondary N) is 1. The van der Waals surface area contributed by atoms with E-state index in [-0.39, 0.29) is 30.1 Å². The lowest BCUT2D eigenvalue weighted by molar-refractivity contribution is -0.126. The Kier molecular flexibility index (Phi) is 11.0. The number of sulfonamides is 1. The molecule has 4 rings (SSSR count). The summed E-state index contributed by atoms with van der Waals surface area (Å²) < 4.78 is 39.0. The molecule has 1 saturated carbocycles. The minimum atomic E-state index is -3.65. The lowest BCUT2D eigenvalue weighted by Gasteiger charge is -2.37. The van der Waals surface area contributed by atoms with Crippen molar-refractivity contribution in [3.8, 4) is 5.75 Å². The number of nitrogens with zero attached hydrogens (tertiary/aromatic N) is 2. The van der Waals surface area contributed by atoms with Crippen LogP contribution in [0.1, 0.15) is 56.6 Å². The van der Waals surface area contributed by atoms with E-state index in [0.717, 1.165) is 44.9 Å². The quantitative estimate of drug-likeness (QED) is 0.404. The van der Waals surface area contributed by atoms with Crippen molar-refractivity contribution in [2.24, 2.45) is 11.8 Å². The minimum absolute atomic E-state index is 0.0566. The van der Waals surface area contributed by atoms with Crippen molar-refractivity contribution < 1.29 is 22.7 Å². The van der Waals surface area contributed by atoms with E-state index >= 15 is 0 Å². The van der Waals surface area contributed by atoms with Gasteiger partial charge in [0.2, 0.25) is 15.9 Å². The zero-order chi connectivity index (χ0) is 28.5. The number of amides is 1. The van der Waals surface area contributed by atoms with Gasteiger partial charge in [0.1, 0.15) is 12.4 Å². The second kappa shape index (κ2) is 14.4. The molecule has 2 atom stereocenters. The summed E-state index contributed by atoms with van der Waals surface area (Å²) in [5.74, 6) is 1.56. The van der Waals surface area contributed by atoms with Gasteiger partial charge in [-0.1, -0.05) is 36.8 Å². The van der Waals surface area contributed by atoms with Gasteiger partial charge in [0.15, 0.2) is 0 Å². The predicted molar refractivity (Wildman–Crippen MR) is 157 cm³/mol. The highest BCUT2D eigenvalue weighted by molar-refractivity contribution is 7.89. The number of methoxy groups -OCH3 is 1. The van der Waals surface area contributed by atoms with Crippen molar-refractivity contribution in [1.29, 1.82) is 0 Å². The van der Waals surface area contributed by atoms with Crippen molar-refractivity contribution in [3.63, 3.8) is 0 Å². The second-order valence-electron chi connectivity index (χ2n) is 11.4. The average molecular weight is 572 g/mol. The van der Waals surface area contributed by atoms with Gasteiger partial charge >= 0.3 is 0 Å². The molecule has 1 saturated heterocycles. The number of carbonyl (C=O) groups is 1. The second-order valence-corrected chi connectivity index (χ2v) is 13.3. The van der Waals surface area contributed by atoms with E-state index in [1.807, 2.05) is 0 Å². The van der Waals surface area contributed by atoms with Gasteiger partial charge in [-0.15, -0.1) is 0 Å². The number of benzene rings is 2. The molecule has 0 radical (unpaired) electrons. The molecule has 1 aliphatic heterocycles. The minimum Gasteiger partial charge on any atom is -0.497 e. The van der Waals surface area contributed by atoms with Gasteiger partial charge in [-0.2, -0.15) is 4.31 Å². The maximum atomic E-state index is 13.3. The van der Waals surface area contributed by atoms with Crippen molar-refractivity contribution in [1.82, 2.24) is 14.5 Å². The Bertz CT molecular complexity index is 1170. The highest BCUT2D eigenvalue weighted by Crippen LogP contribution is 2.39. The number of piperidine rings is 1. The van der Waals surface area contributed by atoms with Gasteiger partial charge < -0.3 is 19.7 Å². The van der Waals surface area contributed by atoms with E-state index in [1.54, 1.807) is 31.4 Å². The largest absolute Gasteiger partial charge is 0.497 e. The maximum absolute atomic E-state index is 13.3. The molecule has 1 amide bonds. The number of hydrogen-bond acceptors (Lipinski definition) is 6. The molecule has 1 aliphatic carbocycles. The van der Waals surface area contributed by atoms with Crippen LogP contribution >= 0.6 is 0 Å². The van der Waals surface area contributed by atoms with Gasteiger partial charge in [0.25, 0.3) is 0 Å². The zero-order valence-electron chi connectivity index (χ0n) is 24.1. The summed E-state index contributed by atoms with van der Waals surface area (Å²) in [6, 6.07) is 17.3. The topological polar surface area (TPSA) is 88.2 Å². The van der Waals surface area contributed by atoms with Crippen LogP contribution in [0.3, 0.4) is 0 Å². The number of ether oxygens (including phenoxy) is 2. The Labute approximate surface area is 240 Å². The van der Waals surface area contributed by atoms with Crippen LogP contribution in [0.5, 0.6) is 5.75 Å². The van der Waals surface area contributed by atoms with E-state index < -0.39 is 10.0 Å². The van der Waals surface area contributed by atoms with E-state index in [1.165, 1.54) is 9.87 Å². The SMILES string of the molecule is COc1ccc(S(=O)(=O)N2CCCCC2COCC(=O)NCC2CCC(C(c3ccccc3)N(C)C)CC2)cc1. The van der Waals surface area contributed by atoms with Crippen molar-refractivity contribution in [3.05, 3.63) is 60.2 Å². The third-order valence-electron chi connectivity index (χ3n) is 8.41. The molecule has 0 aromatic heterocycles. The molecule has 2 aromatic rings. The molecule has 0 spiro atoms. The highest BCUT2D eigenvalue weighted by atomic mass is 32.2. The first-order valence-electron chi connectivity index (χ1n) is 14.5. The van der Waals surface area contributed by atoms with Crippen molar-refractivity contribution in [2.45, 2.75) is 61.9 Å². The molecule has 9 heteroatoms. The zero-order valence-corrected chi connectivity index (χ0v) is 24.9. The highest BCUT2D eigenvalue weighted by Gasteiger charge is 2.34. The van der Waals surface area contributed by atoms with Crippen LogP contribution in [0, 0.1) is 11.8 Å². The Hall–Kier alpha value is -2.46. The number of carbonyl (C=O) groups excluding carboxylic acids is 1. The molecule has 0 bridgehead atoms. The Morgan fingerprint density at radius 2 is 1.70 bits per heavy atom. The van der Waals surface area contributed by atoms with Gasteiger partial charge in [0.05, 0.1) is 18.6 Å². The lowest BCUT2D eigenvalue weighted by atomic mass is 9.76. The maximum Gasteiger partial charge on any atom is 0.246 e. The van der Waals surface area contributed by atoms with Crippen LogP contribution in [0.25, 0.3) is 0 Å². The molecular formula is C31H45N3O5S. The summed E-state index contributed by atoms with van der Waals surface area (Å²) in [6.45, 7) is 1.27. The molecule has 2 unspecified atom stereocenters. The monoisotopic (exact) mass is 571 g/mol. The molecule has 8 nitrogen and oxygen atoms in total. The third kappa shape index (κ3) is 7.84. The summed E-state index contributed by atoms with van der Waals surface area (Å²) in [5, 5.41) is 3.05. The van der Waals surface area contributed by atoms with Crippen molar-refractivity contribution >= 4 is 15.9 Å². The number of hydrogen-bond donors (Lipinski definition) is 1. The Morgan fingerprint density at radius 3 is 2.35 bits per heavy atom. The van der Waals surface area contributed by atoms with E-state index in [2.05, 4.69) is 54.6 Å². The molecule has 1 heterocycles. The molecule has 2 aromatic carbocycles. The van der Waals surface area contributed by atoms with Crippen LogP contribution in [-0.2, 0) is 19.6 Å². The summed E-state index contributed by atoms with van der Waals surface area (Å²) in [6.07, 6.45) is 6.97. The molecule has 220 valence electrons. The summed E-state index contributed by atoms with van der Waals surface area (Å²) >= 11 is 0. The van der Waals surface area contributed by atoms with Crippen molar-refractivity contribution in [2.75, 3.05) is 47.5 Å². The first-order valence-corrected chi connectivity index (χ1v) is 15.9. The Balaban J connectivity index is 1.20. The van der Waals surface area contributed by atoms with Gasteiger partial charge in [-0.3, -0.25) is 4.79 Å². The Morgan fingerprint density at radius 1 is 1.00 bits per heavy atom. The third-order valence-corrected chi connectivity index (χ3v) is 10.4. The average Bonchev–Trinajstić information content (AvgIpc) is 2.97. The van der Waals surface area contributed by atoms with Gasteiger partial charge in [0, 0.05) is 25.2 Å². The molecule has 2 fully saturated rings. The van der Waals surface area contributed by atoms with E-state index in [4.69, 9.17) is 9.47 Å². The van der Waals surface area contributed by atoms with Gasteiger partial charge in [-0.05, 0) is 94.3 Å². The first kappa shape index (κ1) is 30.5. The van der Waals surface area contributed by atoms with Crippen LogP contribution in [-0.4, -0.2) is 77.1 Å². The fraction of sp³-hybridized carbons (Fsp3) is 0.581. The van der Waals surface area contributed by atoms with Gasteiger partial charge in [-0.25, -0.2) is 8.42 Å².